The van der Waals surface area contributed by atoms with Gasteiger partial charge < -0.3 is 0 Å². The van der Waals surface area contributed by atoms with E-state index in [2.05, 4.69) is 0 Å². The Balaban J connectivity index is 3.27. The summed E-state index contributed by atoms with van der Waals surface area (Å²) >= 11 is 0. The molecule has 0 radical (unpaired) electrons. The number of Topliss-reactive ketones (excluding diaryl/α,β-unsaturated/α-hetero) is 1. The summed E-state index contributed by atoms with van der Waals surface area (Å²) in [5.41, 5.74) is -0.0855. The maximum atomic E-state index is 12.3. The lowest BCUT2D eigenvalue weighted by atomic mass is 10.0. The molecule has 0 amide bonds. The van der Waals surface area contributed by atoms with Crippen molar-refractivity contribution in [2.75, 3.05) is 0 Å². The molecule has 0 atom stereocenters. The van der Waals surface area contributed by atoms with Crippen molar-refractivity contribution in [2.24, 2.45) is 0 Å². The van der Waals surface area contributed by atoms with Crippen molar-refractivity contribution in [2.45, 2.75) is 13.3 Å². The molecule has 2 nitrogen and oxygen atoms in total. The molecule has 0 aromatic heterocycles. The van der Waals surface area contributed by atoms with Gasteiger partial charge >= 0.3 is 0 Å². The number of carbonyl (C=O) groups excluding carboxylic acids is 2. The zero-order valence-corrected chi connectivity index (χ0v) is 7.46. The second-order valence-electron chi connectivity index (χ2n) is 2.86. The molecule has 0 bridgehead atoms. The molecule has 0 saturated carbocycles. The molecule has 1 aromatic rings. The van der Waals surface area contributed by atoms with Gasteiger partial charge in [0.1, 0.15) is 6.29 Å². The lowest BCUT2D eigenvalue weighted by Crippen LogP contribution is -1.97. The van der Waals surface area contributed by atoms with Crippen molar-refractivity contribution < 1.29 is 18.4 Å². The molecule has 0 heterocycles. The van der Waals surface area contributed by atoms with Crippen LogP contribution in [0.15, 0.2) is 18.2 Å². The van der Waals surface area contributed by atoms with Crippen LogP contribution in [0.25, 0.3) is 0 Å². The highest BCUT2D eigenvalue weighted by Gasteiger charge is 2.11. The number of ketones is 1. The van der Waals surface area contributed by atoms with Gasteiger partial charge in [-0.25, -0.2) is 8.78 Å². The van der Waals surface area contributed by atoms with Crippen molar-refractivity contribution in [3.8, 4) is 0 Å². The Hall–Kier alpha value is -1.58. The van der Waals surface area contributed by atoms with Gasteiger partial charge in [-0.1, -0.05) is 0 Å². The van der Waals surface area contributed by atoms with Gasteiger partial charge in [0.2, 0.25) is 0 Å². The maximum absolute atomic E-state index is 12.3. The highest BCUT2D eigenvalue weighted by molar-refractivity contribution is 5.95. The highest BCUT2D eigenvalue weighted by atomic mass is 19.3. The summed E-state index contributed by atoms with van der Waals surface area (Å²) < 4.78 is 24.6. The zero-order valence-electron chi connectivity index (χ0n) is 7.46. The maximum Gasteiger partial charge on any atom is 0.263 e. The number of benzene rings is 1. The van der Waals surface area contributed by atoms with Crippen LogP contribution in [-0.2, 0) is 0 Å². The Bertz CT molecular complexity index is 372. The summed E-state index contributed by atoms with van der Waals surface area (Å²) in [5.74, 6) is -0.337. The fourth-order valence-corrected chi connectivity index (χ4v) is 1.07. The smallest absolute Gasteiger partial charge is 0.263 e. The molecule has 0 N–H and O–H groups in total. The molecule has 0 saturated heterocycles. The summed E-state index contributed by atoms with van der Waals surface area (Å²) in [6.07, 6.45) is -2.23. The third-order valence-corrected chi connectivity index (χ3v) is 1.77. The van der Waals surface area contributed by atoms with Gasteiger partial charge in [0.05, 0.1) is 0 Å². The average Bonchev–Trinajstić information content (AvgIpc) is 2.16. The predicted molar refractivity (Wildman–Crippen MR) is 46.8 cm³/mol. The van der Waals surface area contributed by atoms with Gasteiger partial charge in [-0.2, -0.15) is 0 Å². The Morgan fingerprint density at radius 3 is 2.43 bits per heavy atom. The summed E-state index contributed by atoms with van der Waals surface area (Å²) in [6, 6.07) is 3.46. The molecule has 0 unspecified atom stereocenters. The van der Waals surface area contributed by atoms with E-state index in [0.717, 1.165) is 12.1 Å². The first kappa shape index (κ1) is 10.5. The predicted octanol–water partition coefficient (Wildman–Crippen LogP) is 2.64. The minimum absolute atomic E-state index is 0.0907. The Labute approximate surface area is 79.5 Å². The third kappa shape index (κ3) is 2.22. The van der Waals surface area contributed by atoms with E-state index in [1.165, 1.54) is 13.0 Å². The number of hydrogen-bond acceptors (Lipinski definition) is 2. The number of rotatable bonds is 3. The van der Waals surface area contributed by atoms with Crippen LogP contribution in [0, 0.1) is 0 Å². The fourth-order valence-electron chi connectivity index (χ4n) is 1.07. The Kier molecular flexibility index (Phi) is 3.06. The molecule has 14 heavy (non-hydrogen) atoms. The van der Waals surface area contributed by atoms with Crippen LogP contribution in [-0.4, -0.2) is 12.1 Å². The van der Waals surface area contributed by atoms with Gasteiger partial charge in [-0.3, -0.25) is 9.59 Å². The van der Waals surface area contributed by atoms with Gasteiger partial charge in [0, 0.05) is 16.7 Å². The minimum Gasteiger partial charge on any atom is -0.298 e. The second kappa shape index (κ2) is 4.09. The molecular formula is C10H8F2O2. The SMILES string of the molecule is CC(=O)c1cc(C=O)cc(C(F)F)c1. The van der Waals surface area contributed by atoms with E-state index in [4.69, 9.17) is 0 Å². The van der Waals surface area contributed by atoms with Crippen molar-refractivity contribution in [3.05, 3.63) is 34.9 Å². The van der Waals surface area contributed by atoms with Crippen LogP contribution in [0.2, 0.25) is 0 Å². The van der Waals surface area contributed by atoms with Crippen LogP contribution in [0.4, 0.5) is 8.78 Å². The van der Waals surface area contributed by atoms with Crippen molar-refractivity contribution in [3.63, 3.8) is 0 Å². The molecule has 74 valence electrons. The van der Waals surface area contributed by atoms with Crippen molar-refractivity contribution >= 4 is 12.1 Å². The number of carbonyl (C=O) groups is 2. The third-order valence-electron chi connectivity index (χ3n) is 1.77. The molecule has 0 aliphatic rings. The quantitative estimate of drug-likeness (QED) is 0.552. The summed E-state index contributed by atoms with van der Waals surface area (Å²) in [4.78, 5) is 21.3. The van der Waals surface area contributed by atoms with Crippen LogP contribution >= 0.6 is 0 Å². The van der Waals surface area contributed by atoms with E-state index in [1.54, 1.807) is 0 Å². The normalized spacial score (nSPS) is 10.3. The van der Waals surface area contributed by atoms with Crippen LogP contribution < -0.4 is 0 Å². The molecular weight excluding hydrogens is 190 g/mol. The molecule has 0 spiro atoms. The van der Waals surface area contributed by atoms with E-state index < -0.39 is 6.43 Å². The van der Waals surface area contributed by atoms with E-state index in [0.29, 0.717) is 6.29 Å². The molecule has 0 aliphatic carbocycles. The Morgan fingerprint density at radius 1 is 1.36 bits per heavy atom. The standard InChI is InChI=1S/C10H8F2O2/c1-6(14)8-2-7(5-13)3-9(4-8)10(11)12/h2-5,10H,1H3. The monoisotopic (exact) mass is 198 g/mol. The molecule has 1 aromatic carbocycles. The lowest BCUT2D eigenvalue weighted by Gasteiger charge is -2.03. The molecule has 1 rings (SSSR count). The Morgan fingerprint density at radius 2 is 2.00 bits per heavy atom. The minimum atomic E-state index is -2.67. The number of aldehydes is 1. The highest BCUT2D eigenvalue weighted by Crippen LogP contribution is 2.21. The van der Waals surface area contributed by atoms with Crippen LogP contribution in [0.1, 0.15) is 39.6 Å². The largest absolute Gasteiger partial charge is 0.298 e. The van der Waals surface area contributed by atoms with Gasteiger partial charge in [-0.05, 0) is 25.1 Å². The van der Waals surface area contributed by atoms with E-state index in [1.807, 2.05) is 0 Å². The summed E-state index contributed by atoms with van der Waals surface area (Å²) in [6.45, 7) is 1.26. The van der Waals surface area contributed by atoms with Crippen LogP contribution in [0.3, 0.4) is 0 Å². The molecule has 0 fully saturated rings. The number of alkyl halides is 2. The number of hydrogen-bond donors (Lipinski definition) is 0. The van der Waals surface area contributed by atoms with Crippen LogP contribution in [0.5, 0.6) is 0 Å². The zero-order chi connectivity index (χ0) is 10.7. The topological polar surface area (TPSA) is 34.1 Å². The first-order valence-electron chi connectivity index (χ1n) is 3.94. The fraction of sp³-hybridized carbons (Fsp3) is 0.200. The first-order chi connectivity index (χ1) is 6.54. The summed E-state index contributed by atoms with van der Waals surface area (Å²) in [7, 11) is 0. The first-order valence-corrected chi connectivity index (χ1v) is 3.94. The van der Waals surface area contributed by atoms with Gasteiger partial charge in [0.25, 0.3) is 6.43 Å². The number of halogens is 2. The lowest BCUT2D eigenvalue weighted by molar-refractivity contribution is 0.101. The van der Waals surface area contributed by atoms with E-state index in [9.17, 15) is 18.4 Å². The average molecular weight is 198 g/mol. The summed E-state index contributed by atoms with van der Waals surface area (Å²) in [5, 5.41) is 0. The van der Waals surface area contributed by atoms with Gasteiger partial charge in [0.15, 0.2) is 5.78 Å². The molecule has 0 aliphatic heterocycles. The van der Waals surface area contributed by atoms with Gasteiger partial charge in [-0.15, -0.1) is 0 Å². The van der Waals surface area contributed by atoms with Crippen molar-refractivity contribution in [1.82, 2.24) is 0 Å². The van der Waals surface area contributed by atoms with E-state index in [-0.39, 0.29) is 22.5 Å². The second-order valence-corrected chi connectivity index (χ2v) is 2.86. The molecule has 4 heteroatoms. The van der Waals surface area contributed by atoms with Crippen molar-refractivity contribution in [1.29, 1.82) is 0 Å². The van der Waals surface area contributed by atoms with E-state index >= 15 is 0 Å².